The molecule has 9 nitrogen and oxygen atoms in total. The lowest BCUT2D eigenvalue weighted by Crippen LogP contribution is -1.98. The largest absolute Gasteiger partial charge is 0.396 e. The smallest absolute Gasteiger partial charge is 0.165 e. The van der Waals surface area contributed by atoms with Crippen molar-refractivity contribution in [3.8, 4) is 45.6 Å². The van der Waals surface area contributed by atoms with Crippen LogP contribution in [0.15, 0.2) is 48.5 Å². The zero-order chi connectivity index (χ0) is 66.4. The van der Waals surface area contributed by atoms with Crippen LogP contribution in [0.4, 0.5) is 0 Å². The third kappa shape index (κ3) is 20.2. The fourth-order valence-electron chi connectivity index (χ4n) is 15.6. The average Bonchev–Trinajstić information content (AvgIpc) is 1.59. The van der Waals surface area contributed by atoms with Crippen LogP contribution >= 0.6 is 0 Å². The lowest BCUT2D eigenvalue weighted by Gasteiger charge is -2.13. The number of benzene rings is 4. The van der Waals surface area contributed by atoms with Crippen LogP contribution in [-0.4, -0.2) is 51.6 Å². The third-order valence-electron chi connectivity index (χ3n) is 21.1. The van der Waals surface area contributed by atoms with Crippen LogP contribution in [0.2, 0.25) is 0 Å². The summed E-state index contributed by atoms with van der Waals surface area (Å²) in [5.41, 5.74) is 18.4. The lowest BCUT2D eigenvalue weighted by molar-refractivity contribution is 0.283. The Labute approximate surface area is 575 Å². The highest BCUT2D eigenvalue weighted by Gasteiger charge is 2.30. The first kappa shape index (κ1) is 73.4. The third-order valence-corrected chi connectivity index (χ3v) is 21.1. The predicted octanol–water partition coefficient (Wildman–Crippen LogP) is 25.3. The minimum Gasteiger partial charge on any atom is -0.396 e. The first-order chi connectivity index (χ1) is 46.8. The van der Waals surface area contributed by atoms with E-state index in [0.29, 0.717) is 0 Å². The summed E-state index contributed by atoms with van der Waals surface area (Å²) in [7, 11) is 0. The first-order valence-corrected chi connectivity index (χ1v) is 39.9. The van der Waals surface area contributed by atoms with Crippen LogP contribution in [0.25, 0.3) is 89.7 Å². The molecular weight excluding hydrogens is 1160 g/mol. The Kier molecular flexibility index (Phi) is 31.1. The fraction of sp³-hybridized carbons (Fsp3) is 0.628. The van der Waals surface area contributed by atoms with Gasteiger partial charge in [-0.15, -0.1) is 0 Å². The number of aryl methyl sites for hydroxylation is 8. The van der Waals surface area contributed by atoms with Gasteiger partial charge in [0.05, 0.1) is 0 Å². The van der Waals surface area contributed by atoms with E-state index < -0.39 is 0 Å². The van der Waals surface area contributed by atoms with Gasteiger partial charge in [-0.05, 0) is 148 Å². The summed E-state index contributed by atoms with van der Waals surface area (Å²) in [6, 6.07) is 19.3. The van der Waals surface area contributed by atoms with Gasteiger partial charge in [-0.2, -0.15) is 0 Å². The Morgan fingerprint density at radius 3 is 0.726 bits per heavy atom. The van der Waals surface area contributed by atoms with Crippen LogP contribution in [0.3, 0.4) is 0 Å². The predicted molar refractivity (Wildman–Crippen MR) is 408 cm³/mol. The number of hydrogen-bond acceptors (Lipinski definition) is 7. The first-order valence-electron chi connectivity index (χ1n) is 39.9. The van der Waals surface area contributed by atoms with Crippen molar-refractivity contribution in [3.63, 3.8) is 0 Å². The minimum atomic E-state index is 0.207. The van der Waals surface area contributed by atoms with Crippen molar-refractivity contribution in [1.29, 1.82) is 0 Å². The normalized spacial score (nSPS) is 12.1. The number of hydrogen-bond donors (Lipinski definition) is 3. The van der Waals surface area contributed by atoms with E-state index in [4.69, 9.17) is 29.9 Å². The summed E-state index contributed by atoms with van der Waals surface area (Å²) in [6.45, 7) is 16.3. The van der Waals surface area contributed by atoms with E-state index in [9.17, 15) is 5.11 Å². The summed E-state index contributed by atoms with van der Waals surface area (Å²) < 4.78 is 0. The molecule has 7 aromatic rings. The van der Waals surface area contributed by atoms with Gasteiger partial charge in [0, 0.05) is 50.4 Å². The molecule has 0 saturated heterocycles. The van der Waals surface area contributed by atoms with Crippen molar-refractivity contribution in [2.75, 3.05) is 6.61 Å². The van der Waals surface area contributed by atoms with E-state index in [1.165, 1.54) is 253 Å². The van der Waals surface area contributed by atoms with Gasteiger partial charge < -0.3 is 15.1 Å². The molecule has 8 bridgehead atoms. The molecular formula is C86H126N8O. The maximum absolute atomic E-state index is 9.97. The molecule has 0 amide bonds. The van der Waals surface area contributed by atoms with Crippen molar-refractivity contribution < 1.29 is 5.11 Å². The Balaban J connectivity index is 1.40. The van der Waals surface area contributed by atoms with Gasteiger partial charge in [0.2, 0.25) is 0 Å². The van der Waals surface area contributed by atoms with Gasteiger partial charge >= 0.3 is 0 Å². The van der Waals surface area contributed by atoms with Crippen LogP contribution < -0.4 is 0 Å². The maximum Gasteiger partial charge on any atom is 0.165 e. The van der Waals surface area contributed by atoms with E-state index in [-0.39, 0.29) is 6.61 Å². The molecule has 0 atom stereocenters. The van der Waals surface area contributed by atoms with Gasteiger partial charge in [0.25, 0.3) is 0 Å². The SMILES string of the molecule is CCCCCCCCc1ccc(CCCCCCCC)c2c1-c1nc-2nc2[nH]c(nc3nc(nc4[nH]c(n1)c1c(C)ccc(CCCCCO)c41)-c1c(CCCCCCCC)ccc(CCCCCCCC)c1-3)c1c(CCCCCCCC)ccc(CCCCCCCC)c21. The molecule has 0 radical (unpaired) electrons. The number of rotatable bonds is 47. The second kappa shape index (κ2) is 40.2. The van der Waals surface area contributed by atoms with E-state index in [1.807, 2.05) is 0 Å². The second-order valence-corrected chi connectivity index (χ2v) is 28.9. The summed E-state index contributed by atoms with van der Waals surface area (Å²) in [5, 5.41) is 14.6. The summed E-state index contributed by atoms with van der Waals surface area (Å²) in [6.07, 6.45) is 54.1. The molecule has 0 saturated carbocycles. The van der Waals surface area contributed by atoms with Gasteiger partial charge in [0.1, 0.15) is 22.6 Å². The number of aliphatic hydroxyl groups excluding tert-OH is 1. The highest BCUT2D eigenvalue weighted by Crippen LogP contribution is 2.45. The highest BCUT2D eigenvalue weighted by molar-refractivity contribution is 6.10. The minimum absolute atomic E-state index is 0.207. The lowest BCUT2D eigenvalue weighted by atomic mass is 9.91. The van der Waals surface area contributed by atoms with Crippen molar-refractivity contribution >= 4 is 44.1 Å². The molecule has 0 unspecified atom stereocenters. The van der Waals surface area contributed by atoms with Crippen molar-refractivity contribution in [3.05, 3.63) is 93.0 Å². The Morgan fingerprint density at radius 2 is 0.453 bits per heavy atom. The molecule has 9 heteroatoms. The number of unbranched alkanes of at least 4 members (excludes halogenated alkanes) is 32. The van der Waals surface area contributed by atoms with Crippen molar-refractivity contribution in [1.82, 2.24) is 39.9 Å². The maximum atomic E-state index is 9.97. The number of nitrogens with one attached hydrogen (secondary N) is 2. The Hall–Kier alpha value is -5.80. The van der Waals surface area contributed by atoms with Gasteiger partial charge in [-0.3, -0.25) is 0 Å². The van der Waals surface area contributed by atoms with Crippen LogP contribution in [0, 0.1) is 6.92 Å². The molecule has 2 aliphatic rings. The van der Waals surface area contributed by atoms with E-state index in [2.05, 4.69) is 107 Å². The van der Waals surface area contributed by atoms with Crippen LogP contribution in [0.5, 0.6) is 0 Å². The summed E-state index contributed by atoms with van der Waals surface area (Å²) >= 11 is 0. The van der Waals surface area contributed by atoms with E-state index >= 15 is 0 Å². The molecule has 3 aromatic heterocycles. The van der Waals surface area contributed by atoms with E-state index in [1.54, 1.807) is 0 Å². The number of aliphatic hydroxyl groups is 1. The van der Waals surface area contributed by atoms with Crippen LogP contribution in [0.1, 0.15) is 336 Å². The number of H-pyrrole nitrogens is 2. The molecule has 95 heavy (non-hydrogen) atoms. The average molecular weight is 1290 g/mol. The zero-order valence-electron chi connectivity index (χ0n) is 61.0. The number of aromatic amines is 2. The Bertz CT molecular complexity index is 3640. The van der Waals surface area contributed by atoms with Crippen molar-refractivity contribution in [2.45, 2.75) is 344 Å². The molecule has 5 heterocycles. The number of fused-ring (bicyclic) bond motifs is 20. The highest BCUT2D eigenvalue weighted by atomic mass is 16.3. The Morgan fingerprint density at radius 1 is 0.242 bits per heavy atom. The summed E-state index contributed by atoms with van der Waals surface area (Å²) in [5.74, 6) is 3.02. The quantitative estimate of drug-likeness (QED) is 0.0324. The standard InChI is InChI=1S/C86H126N8O/c1-8-14-20-26-32-39-47-65-56-57-66(48-40-33-27-21-15-9-2)74-73(65)81-88-79-71-63(7)54-55-64(53-45-38-46-62-95)72(71)80(87-79)89-82-75-67(49-41-34-28-22-16-10-3)58-59-68(50-42-35-29-23-17-11-4)76(75)84(91-82)93-86-78-70(52-44-37-31-25-19-13-6)61-60-69(51-43-36-30-24-18-12-5)77(78)85(94-86)92-83(74)90-81/h54-61,95H,8-53,62H2,1-7H3,(H2,87,88,89,90,91,92,93,94). The van der Waals surface area contributed by atoms with Crippen molar-refractivity contribution in [2.24, 2.45) is 0 Å². The molecule has 2 aliphatic heterocycles. The fourth-order valence-corrected chi connectivity index (χ4v) is 15.6. The number of nitrogens with zero attached hydrogens (tertiary/aromatic N) is 6. The van der Waals surface area contributed by atoms with Crippen LogP contribution in [-0.2, 0) is 44.9 Å². The number of aromatic nitrogens is 8. The summed E-state index contributed by atoms with van der Waals surface area (Å²) in [4.78, 5) is 43.8. The van der Waals surface area contributed by atoms with E-state index in [0.717, 1.165) is 176 Å². The van der Waals surface area contributed by atoms with Gasteiger partial charge in [0.15, 0.2) is 23.3 Å². The molecule has 9 rings (SSSR count). The zero-order valence-corrected chi connectivity index (χ0v) is 61.0. The molecule has 3 N–H and O–H groups in total. The monoisotopic (exact) mass is 1290 g/mol. The molecule has 516 valence electrons. The molecule has 0 fully saturated rings. The molecule has 4 aromatic carbocycles. The topological polar surface area (TPSA) is 129 Å². The van der Waals surface area contributed by atoms with Gasteiger partial charge in [-0.25, -0.2) is 29.9 Å². The molecule has 0 aliphatic carbocycles. The molecule has 0 spiro atoms. The second-order valence-electron chi connectivity index (χ2n) is 28.9. The van der Waals surface area contributed by atoms with Gasteiger partial charge in [-0.1, -0.05) is 289 Å².